The summed E-state index contributed by atoms with van der Waals surface area (Å²) in [5.74, 6) is -0.524. The van der Waals surface area contributed by atoms with Gasteiger partial charge in [0.05, 0.1) is 11.3 Å². The summed E-state index contributed by atoms with van der Waals surface area (Å²) in [7, 11) is 0. The molecule has 1 aliphatic rings. The maximum absolute atomic E-state index is 13.9. The van der Waals surface area contributed by atoms with E-state index in [1.54, 1.807) is 0 Å². The first-order valence-corrected chi connectivity index (χ1v) is 11.4. The van der Waals surface area contributed by atoms with Gasteiger partial charge in [-0.05, 0) is 68.5 Å². The number of carbonyl (C=O) groups excluding carboxylic acids is 2. The number of benzene rings is 3. The van der Waals surface area contributed by atoms with Gasteiger partial charge in [-0.3, -0.25) is 9.59 Å². The minimum absolute atomic E-state index is 0.262. The minimum Gasteiger partial charge on any atom is -0.362 e. The Hall–Kier alpha value is -3.66. The Morgan fingerprint density at radius 3 is 2.18 bits per heavy atom. The summed E-state index contributed by atoms with van der Waals surface area (Å²) < 4.78 is 0. The molecule has 168 valence electrons. The summed E-state index contributed by atoms with van der Waals surface area (Å²) in [6, 6.07) is 21.8. The van der Waals surface area contributed by atoms with Crippen LogP contribution in [0.4, 0.5) is 5.69 Å². The van der Waals surface area contributed by atoms with Crippen molar-refractivity contribution in [3.8, 4) is 0 Å². The first-order valence-electron chi connectivity index (χ1n) is 11.4. The zero-order valence-electron chi connectivity index (χ0n) is 20.0. The molecule has 2 amide bonds. The summed E-state index contributed by atoms with van der Waals surface area (Å²) in [6.07, 6.45) is 0. The van der Waals surface area contributed by atoms with Crippen molar-refractivity contribution in [1.29, 1.82) is 0 Å². The lowest BCUT2D eigenvalue weighted by Gasteiger charge is -2.25. The van der Waals surface area contributed by atoms with Crippen molar-refractivity contribution in [3.63, 3.8) is 0 Å². The lowest BCUT2D eigenvalue weighted by atomic mass is 9.97. The van der Waals surface area contributed by atoms with Gasteiger partial charge >= 0.3 is 0 Å². The van der Waals surface area contributed by atoms with Crippen LogP contribution in [-0.2, 0) is 16.1 Å². The van der Waals surface area contributed by atoms with Crippen LogP contribution in [0.2, 0.25) is 0 Å². The third kappa shape index (κ3) is 4.09. The van der Waals surface area contributed by atoms with E-state index >= 15 is 0 Å². The minimum atomic E-state index is -0.263. The molecule has 4 rings (SSSR count). The van der Waals surface area contributed by atoms with Gasteiger partial charge in [0, 0.05) is 13.1 Å². The van der Waals surface area contributed by atoms with Crippen LogP contribution in [0.3, 0.4) is 0 Å². The highest BCUT2D eigenvalue weighted by molar-refractivity contribution is 6.45. The Morgan fingerprint density at radius 1 is 0.788 bits per heavy atom. The Kier molecular flexibility index (Phi) is 6.19. The molecule has 4 heteroatoms. The van der Waals surface area contributed by atoms with E-state index < -0.39 is 0 Å². The number of anilines is 1. The highest BCUT2D eigenvalue weighted by atomic mass is 16.2. The van der Waals surface area contributed by atoms with Gasteiger partial charge in [-0.2, -0.15) is 0 Å². The van der Waals surface area contributed by atoms with Crippen LogP contribution in [0.25, 0.3) is 5.57 Å². The summed E-state index contributed by atoms with van der Waals surface area (Å²) in [5, 5.41) is 0. The quantitative estimate of drug-likeness (QED) is 0.462. The van der Waals surface area contributed by atoms with E-state index in [-0.39, 0.29) is 11.8 Å². The smallest absolute Gasteiger partial charge is 0.282 e. The van der Waals surface area contributed by atoms with E-state index in [4.69, 9.17) is 0 Å². The van der Waals surface area contributed by atoms with Crippen molar-refractivity contribution in [2.24, 2.45) is 0 Å². The largest absolute Gasteiger partial charge is 0.362 e. The zero-order chi connectivity index (χ0) is 23.7. The van der Waals surface area contributed by atoms with Crippen LogP contribution in [0.1, 0.15) is 40.3 Å². The average molecular weight is 439 g/mol. The fraction of sp³-hybridized carbons (Fsp3) is 0.241. The lowest BCUT2D eigenvalue weighted by Crippen LogP contribution is -2.35. The molecule has 0 spiro atoms. The molecule has 0 unspecified atom stereocenters. The van der Waals surface area contributed by atoms with Gasteiger partial charge in [-0.15, -0.1) is 0 Å². The van der Waals surface area contributed by atoms with E-state index in [1.807, 2.05) is 100 Å². The molecule has 1 aliphatic heterocycles. The summed E-state index contributed by atoms with van der Waals surface area (Å²) >= 11 is 0. The van der Waals surface area contributed by atoms with Gasteiger partial charge in [0.2, 0.25) is 0 Å². The lowest BCUT2D eigenvalue weighted by molar-refractivity contribution is -0.120. The van der Waals surface area contributed by atoms with Gasteiger partial charge in [-0.1, -0.05) is 66.2 Å². The number of hydrogen-bond acceptors (Lipinski definition) is 3. The molecule has 4 nitrogen and oxygen atoms in total. The first-order chi connectivity index (χ1) is 15.8. The van der Waals surface area contributed by atoms with Gasteiger partial charge in [0.15, 0.2) is 0 Å². The molecule has 3 aromatic carbocycles. The van der Waals surface area contributed by atoms with Gasteiger partial charge in [0.1, 0.15) is 5.70 Å². The Labute approximate surface area is 196 Å². The zero-order valence-corrected chi connectivity index (χ0v) is 20.0. The second kappa shape index (κ2) is 9.07. The second-order valence-electron chi connectivity index (χ2n) is 8.71. The van der Waals surface area contributed by atoms with Crippen LogP contribution in [0.15, 0.2) is 72.4 Å². The molecule has 0 aromatic heterocycles. The standard InChI is InChI=1S/C29H30N2O2/c1-6-30(18-23-12-8-7-9-13-23)27-26(24-16-15-19(2)17-21(24)4)28(32)31(29(27)33)25-14-10-11-20(3)22(25)5/h7-17H,6,18H2,1-5H3. The monoisotopic (exact) mass is 438 g/mol. The number of imide groups is 1. The predicted octanol–water partition coefficient (Wildman–Crippen LogP) is 5.73. The van der Waals surface area contributed by atoms with Crippen LogP contribution < -0.4 is 4.90 Å². The first kappa shape index (κ1) is 22.5. The maximum Gasteiger partial charge on any atom is 0.282 e. The molecule has 0 bridgehead atoms. The number of likely N-dealkylation sites (N-methyl/N-ethyl adjacent to an activating group) is 1. The van der Waals surface area contributed by atoms with Crippen LogP contribution in [-0.4, -0.2) is 23.3 Å². The van der Waals surface area contributed by atoms with E-state index in [0.717, 1.165) is 33.4 Å². The Bertz CT molecular complexity index is 1260. The van der Waals surface area contributed by atoms with Crippen LogP contribution in [0, 0.1) is 27.7 Å². The molecule has 0 saturated heterocycles. The summed E-state index contributed by atoms with van der Waals surface area (Å²) in [4.78, 5) is 31.2. The van der Waals surface area contributed by atoms with Crippen LogP contribution >= 0.6 is 0 Å². The maximum atomic E-state index is 13.9. The molecule has 0 aliphatic carbocycles. The topological polar surface area (TPSA) is 40.6 Å². The second-order valence-corrected chi connectivity index (χ2v) is 8.71. The molecule has 0 N–H and O–H groups in total. The number of hydrogen-bond donors (Lipinski definition) is 0. The fourth-order valence-electron chi connectivity index (χ4n) is 4.50. The molecule has 0 atom stereocenters. The van der Waals surface area contributed by atoms with Crippen molar-refractivity contribution in [2.75, 3.05) is 11.4 Å². The normalized spacial score (nSPS) is 13.8. The van der Waals surface area contributed by atoms with Gasteiger partial charge in [-0.25, -0.2) is 4.90 Å². The third-order valence-corrected chi connectivity index (χ3v) is 6.44. The number of amides is 2. The fourth-order valence-corrected chi connectivity index (χ4v) is 4.50. The van der Waals surface area contributed by atoms with Crippen molar-refractivity contribution >= 4 is 23.1 Å². The number of nitrogens with zero attached hydrogens (tertiary/aromatic N) is 2. The summed E-state index contributed by atoms with van der Waals surface area (Å²) in [5.41, 5.74) is 7.61. The third-order valence-electron chi connectivity index (χ3n) is 6.44. The molecular formula is C29H30N2O2. The van der Waals surface area contributed by atoms with Crippen LogP contribution in [0.5, 0.6) is 0 Å². The molecule has 0 radical (unpaired) electrons. The van der Waals surface area contributed by atoms with Crippen molar-refractivity contribution in [2.45, 2.75) is 41.2 Å². The number of carbonyl (C=O) groups is 2. The highest BCUT2D eigenvalue weighted by Gasteiger charge is 2.43. The van der Waals surface area contributed by atoms with E-state index in [9.17, 15) is 9.59 Å². The predicted molar refractivity (Wildman–Crippen MR) is 134 cm³/mol. The van der Waals surface area contributed by atoms with E-state index in [0.29, 0.717) is 30.0 Å². The molecule has 0 saturated carbocycles. The Balaban J connectivity index is 1.90. The highest BCUT2D eigenvalue weighted by Crippen LogP contribution is 2.38. The van der Waals surface area contributed by atoms with Crippen molar-refractivity contribution in [1.82, 2.24) is 4.90 Å². The number of rotatable bonds is 6. The van der Waals surface area contributed by atoms with E-state index in [2.05, 4.69) is 6.07 Å². The molecule has 3 aromatic rings. The Morgan fingerprint density at radius 2 is 1.52 bits per heavy atom. The van der Waals surface area contributed by atoms with Gasteiger partial charge in [0.25, 0.3) is 11.8 Å². The number of aryl methyl sites for hydroxylation is 3. The average Bonchev–Trinajstić information content (AvgIpc) is 3.05. The molecule has 0 fully saturated rings. The summed E-state index contributed by atoms with van der Waals surface area (Å²) in [6.45, 7) is 11.2. The molecular weight excluding hydrogens is 408 g/mol. The van der Waals surface area contributed by atoms with Crippen molar-refractivity contribution < 1.29 is 9.59 Å². The van der Waals surface area contributed by atoms with Crippen molar-refractivity contribution in [3.05, 3.63) is 106 Å². The van der Waals surface area contributed by atoms with Gasteiger partial charge < -0.3 is 4.90 Å². The molecule has 1 heterocycles. The molecule has 33 heavy (non-hydrogen) atoms. The van der Waals surface area contributed by atoms with E-state index in [1.165, 1.54) is 4.90 Å². The SMILES string of the molecule is CCN(Cc1ccccc1)C1=C(c2ccc(C)cc2C)C(=O)N(c2cccc(C)c2C)C1=O.